The average molecular weight is 496 g/mol. The van der Waals surface area contributed by atoms with Gasteiger partial charge in [0.2, 0.25) is 0 Å². The number of nitrogens with zero attached hydrogens (tertiary/aromatic N) is 4. The molecule has 7 atom stereocenters. The van der Waals surface area contributed by atoms with Crippen molar-refractivity contribution in [2.45, 2.75) is 83.7 Å². The summed E-state index contributed by atoms with van der Waals surface area (Å²) in [6, 6.07) is 4.37. The molecule has 194 valence electrons. The van der Waals surface area contributed by atoms with Crippen molar-refractivity contribution in [3.63, 3.8) is 0 Å². The summed E-state index contributed by atoms with van der Waals surface area (Å²) < 4.78 is 0. The van der Waals surface area contributed by atoms with Crippen LogP contribution in [0.25, 0.3) is 10.4 Å². The van der Waals surface area contributed by atoms with Crippen molar-refractivity contribution < 1.29 is 14.8 Å². The van der Waals surface area contributed by atoms with Gasteiger partial charge in [0.05, 0.1) is 10.5 Å². The summed E-state index contributed by atoms with van der Waals surface area (Å²) in [6.07, 6.45) is 9.21. The van der Waals surface area contributed by atoms with Crippen LogP contribution in [0.5, 0.6) is 0 Å². The van der Waals surface area contributed by atoms with Gasteiger partial charge in [0.1, 0.15) is 11.5 Å². The zero-order chi connectivity index (χ0) is 25.7. The number of nitrogens with one attached hydrogen (secondary N) is 1. The van der Waals surface area contributed by atoms with Gasteiger partial charge >= 0.3 is 0 Å². The lowest BCUT2D eigenvalue weighted by atomic mass is 9.44. The molecule has 0 bridgehead atoms. The molecule has 5 rings (SSSR count). The van der Waals surface area contributed by atoms with Crippen molar-refractivity contribution in [3.05, 3.63) is 38.8 Å². The monoisotopic (exact) mass is 495 g/mol. The Labute approximate surface area is 211 Å². The number of Topliss-reactive ketones (excluding diaryl/α,β-unsaturated/α-hetero) is 1. The molecular weight excluding hydrogens is 458 g/mol. The lowest BCUT2D eigenvalue weighted by Crippen LogP contribution is -2.56. The number of nitro groups is 1. The molecule has 4 aliphatic carbocycles. The van der Waals surface area contributed by atoms with Gasteiger partial charge < -0.3 is 10.4 Å². The number of fused-ring (bicyclic) bond motifs is 5. The second kappa shape index (κ2) is 9.03. The number of azide groups is 1. The van der Waals surface area contributed by atoms with Gasteiger partial charge in [0.25, 0.3) is 5.69 Å². The van der Waals surface area contributed by atoms with Gasteiger partial charge in [-0.05, 0) is 97.5 Å². The summed E-state index contributed by atoms with van der Waals surface area (Å²) >= 11 is 0. The van der Waals surface area contributed by atoms with E-state index in [1.807, 2.05) is 0 Å². The maximum Gasteiger partial charge on any atom is 0.292 e. The first-order chi connectivity index (χ1) is 17.1. The highest BCUT2D eigenvalue weighted by Crippen LogP contribution is 2.68. The van der Waals surface area contributed by atoms with Crippen LogP contribution in [-0.4, -0.2) is 28.0 Å². The molecule has 36 heavy (non-hydrogen) atoms. The van der Waals surface area contributed by atoms with Crippen LogP contribution in [0.1, 0.15) is 78.1 Å². The minimum Gasteiger partial charge on any atom is -0.389 e. The molecule has 0 saturated heterocycles. The Morgan fingerprint density at radius 3 is 2.72 bits per heavy atom. The second-order valence-corrected chi connectivity index (χ2v) is 12.3. The van der Waals surface area contributed by atoms with E-state index in [1.54, 1.807) is 12.1 Å². The molecule has 2 N–H and O–H groups in total. The van der Waals surface area contributed by atoms with E-state index in [4.69, 9.17) is 5.53 Å². The third-order valence-corrected chi connectivity index (χ3v) is 11.0. The topological polar surface area (TPSA) is 141 Å². The SMILES string of the molecule is C[C@]12CCC(=O)C[C@@H]1CC[C@@H]1[C@@H]2CC[C@@]2(C)[C@H]1CC[C@@]2(O)CCNc1ccc(N=[N+]=[N-])cc1[N+](=O)[O-]. The molecule has 0 radical (unpaired) electrons. The maximum absolute atomic E-state index is 12.2. The number of hydrogen-bond acceptors (Lipinski definition) is 6. The molecule has 4 aliphatic rings. The van der Waals surface area contributed by atoms with E-state index in [9.17, 15) is 20.0 Å². The number of carbonyl (C=O) groups is 1. The van der Waals surface area contributed by atoms with Crippen LogP contribution in [0.4, 0.5) is 17.1 Å². The molecule has 4 fully saturated rings. The molecule has 1 aromatic carbocycles. The Kier molecular flexibility index (Phi) is 6.28. The summed E-state index contributed by atoms with van der Waals surface area (Å²) in [4.78, 5) is 25.9. The Morgan fingerprint density at radius 1 is 1.19 bits per heavy atom. The fourth-order valence-corrected chi connectivity index (χ4v) is 8.90. The molecule has 0 aliphatic heterocycles. The van der Waals surface area contributed by atoms with Crippen LogP contribution in [0.2, 0.25) is 0 Å². The van der Waals surface area contributed by atoms with Gasteiger partial charge in [-0.1, -0.05) is 25.0 Å². The lowest BCUT2D eigenvalue weighted by molar-refractivity contribution is -0.383. The quantitative estimate of drug-likeness (QED) is 0.149. The normalized spacial score (nSPS) is 39.4. The van der Waals surface area contributed by atoms with E-state index in [1.165, 1.54) is 6.07 Å². The lowest BCUT2D eigenvalue weighted by Gasteiger charge is -2.61. The summed E-state index contributed by atoms with van der Waals surface area (Å²) in [5, 5.41) is 30.1. The van der Waals surface area contributed by atoms with Crippen LogP contribution >= 0.6 is 0 Å². The highest BCUT2D eigenvalue weighted by atomic mass is 16.6. The molecular formula is C27H37N5O4. The highest BCUT2D eigenvalue weighted by Gasteiger charge is 2.64. The van der Waals surface area contributed by atoms with Crippen LogP contribution in [0, 0.1) is 44.6 Å². The molecule has 9 heteroatoms. The number of hydrogen-bond donors (Lipinski definition) is 2. The highest BCUT2D eigenvalue weighted by molar-refractivity contribution is 5.79. The number of aliphatic hydroxyl groups is 1. The van der Waals surface area contributed by atoms with E-state index in [0.717, 1.165) is 57.8 Å². The number of benzene rings is 1. The molecule has 0 aromatic heterocycles. The van der Waals surface area contributed by atoms with Gasteiger partial charge in [-0.25, -0.2) is 0 Å². The predicted molar refractivity (Wildman–Crippen MR) is 137 cm³/mol. The minimum absolute atomic E-state index is 0.140. The van der Waals surface area contributed by atoms with E-state index < -0.39 is 10.5 Å². The van der Waals surface area contributed by atoms with Gasteiger partial charge in [-0.3, -0.25) is 14.9 Å². The first-order valence-electron chi connectivity index (χ1n) is 13.4. The van der Waals surface area contributed by atoms with Crippen molar-refractivity contribution in [1.82, 2.24) is 0 Å². The van der Waals surface area contributed by atoms with E-state index >= 15 is 0 Å². The third-order valence-electron chi connectivity index (χ3n) is 11.0. The standard InChI is InChI=1S/C27H37N5O4/c1-25-10-7-19(33)15-17(25)3-5-20-21(25)8-11-26(2)22(20)9-12-27(26,34)13-14-29-23-6-4-18(30-31-28)16-24(23)32(35)36/h4,6,16-17,20-22,29,34H,3,5,7-15H2,1-2H3/t17-,20+,21-,22-,25-,26-,27+/m0/s1. The largest absolute Gasteiger partial charge is 0.389 e. The number of ketones is 1. The molecule has 9 nitrogen and oxygen atoms in total. The first kappa shape index (κ1) is 25.0. The molecule has 0 heterocycles. The maximum atomic E-state index is 12.2. The molecule has 0 amide bonds. The van der Waals surface area contributed by atoms with Crippen LogP contribution in [-0.2, 0) is 4.79 Å². The zero-order valence-corrected chi connectivity index (χ0v) is 21.3. The number of carbonyl (C=O) groups excluding carboxylic acids is 1. The fourth-order valence-electron chi connectivity index (χ4n) is 8.90. The predicted octanol–water partition coefficient (Wildman–Crippen LogP) is 6.68. The van der Waals surface area contributed by atoms with Crippen molar-refractivity contribution >= 4 is 22.8 Å². The van der Waals surface area contributed by atoms with Gasteiger partial charge in [-0.2, -0.15) is 0 Å². The first-order valence-corrected chi connectivity index (χ1v) is 13.4. The number of nitro benzene ring substituents is 1. The van der Waals surface area contributed by atoms with Crippen molar-refractivity contribution in [3.8, 4) is 0 Å². The summed E-state index contributed by atoms with van der Waals surface area (Å²) in [5.74, 6) is 2.69. The molecule has 4 saturated carbocycles. The summed E-state index contributed by atoms with van der Waals surface area (Å²) in [5.41, 5.74) is 8.31. The van der Waals surface area contributed by atoms with Crippen molar-refractivity contribution in [1.29, 1.82) is 0 Å². The summed E-state index contributed by atoms with van der Waals surface area (Å²) in [7, 11) is 0. The fraction of sp³-hybridized carbons (Fsp3) is 0.741. The van der Waals surface area contributed by atoms with Crippen LogP contribution in [0.3, 0.4) is 0 Å². The summed E-state index contributed by atoms with van der Waals surface area (Å²) in [6.45, 7) is 5.14. The Morgan fingerprint density at radius 2 is 1.97 bits per heavy atom. The minimum atomic E-state index is -0.810. The van der Waals surface area contributed by atoms with Crippen molar-refractivity contribution in [2.75, 3.05) is 11.9 Å². The number of rotatable bonds is 6. The van der Waals surface area contributed by atoms with E-state index in [0.29, 0.717) is 48.1 Å². The van der Waals surface area contributed by atoms with Gasteiger partial charge in [0, 0.05) is 36.1 Å². The van der Waals surface area contributed by atoms with Gasteiger partial charge in [0.15, 0.2) is 0 Å². The third kappa shape index (κ3) is 3.88. The van der Waals surface area contributed by atoms with Gasteiger partial charge in [-0.15, -0.1) is 0 Å². The molecule has 1 aromatic rings. The van der Waals surface area contributed by atoms with Crippen molar-refractivity contribution in [2.24, 2.45) is 39.6 Å². The number of anilines is 1. The molecule has 0 spiro atoms. The Bertz CT molecular complexity index is 1120. The smallest absolute Gasteiger partial charge is 0.292 e. The second-order valence-electron chi connectivity index (χ2n) is 12.3. The Hall–Kier alpha value is -2.64. The average Bonchev–Trinajstić information content (AvgIpc) is 3.11. The van der Waals surface area contributed by atoms with Crippen LogP contribution in [0.15, 0.2) is 23.3 Å². The van der Waals surface area contributed by atoms with E-state index in [2.05, 4.69) is 29.2 Å². The van der Waals surface area contributed by atoms with E-state index in [-0.39, 0.29) is 22.2 Å². The zero-order valence-electron chi connectivity index (χ0n) is 21.3. The Balaban J connectivity index is 1.29. The van der Waals surface area contributed by atoms with Crippen LogP contribution < -0.4 is 5.32 Å². The molecule has 0 unspecified atom stereocenters.